The number of carbonyl (C=O) groups excluding carboxylic acids is 1. The van der Waals surface area contributed by atoms with E-state index in [2.05, 4.69) is 15.9 Å². The van der Waals surface area contributed by atoms with Gasteiger partial charge in [-0.05, 0) is 33.4 Å². The molecule has 2 aromatic rings. The molecule has 0 aliphatic carbocycles. The first-order chi connectivity index (χ1) is 9.58. The van der Waals surface area contributed by atoms with Crippen molar-refractivity contribution in [3.05, 3.63) is 60.7 Å². The number of hydrogen-bond acceptors (Lipinski definition) is 5. The van der Waals surface area contributed by atoms with E-state index in [1.807, 2.05) is 17.5 Å². The summed E-state index contributed by atoms with van der Waals surface area (Å²) < 4.78 is 5.61. The SMILES string of the molecule is O=C(OCCc1cccs1)c1cc([N+](=O)[O-])ccc1Br. The number of thiophene rings is 1. The lowest BCUT2D eigenvalue weighted by Gasteiger charge is -2.05. The van der Waals surface area contributed by atoms with Gasteiger partial charge in [-0.25, -0.2) is 4.79 Å². The van der Waals surface area contributed by atoms with E-state index < -0.39 is 10.9 Å². The Labute approximate surface area is 127 Å². The molecule has 0 fully saturated rings. The number of nitrogens with zero attached hydrogens (tertiary/aromatic N) is 1. The van der Waals surface area contributed by atoms with Gasteiger partial charge in [0.05, 0.1) is 17.1 Å². The smallest absolute Gasteiger partial charge is 0.339 e. The standard InChI is InChI=1S/C13H10BrNO4S/c14-12-4-3-9(15(17)18)8-11(12)13(16)19-6-5-10-2-1-7-20-10/h1-4,7-8H,5-6H2. The van der Waals surface area contributed by atoms with Gasteiger partial charge in [0.25, 0.3) is 5.69 Å². The van der Waals surface area contributed by atoms with Crippen molar-refractivity contribution in [3.8, 4) is 0 Å². The van der Waals surface area contributed by atoms with Gasteiger partial charge in [0, 0.05) is 27.9 Å². The summed E-state index contributed by atoms with van der Waals surface area (Å²) in [6.07, 6.45) is 0.635. The lowest BCUT2D eigenvalue weighted by atomic mass is 10.2. The van der Waals surface area contributed by atoms with Gasteiger partial charge >= 0.3 is 5.97 Å². The molecule has 5 nitrogen and oxygen atoms in total. The minimum atomic E-state index is -0.572. The first-order valence-electron chi connectivity index (χ1n) is 5.71. The Kier molecular flexibility index (Phi) is 4.86. The van der Waals surface area contributed by atoms with Crippen molar-refractivity contribution < 1.29 is 14.5 Å². The normalized spacial score (nSPS) is 10.2. The van der Waals surface area contributed by atoms with E-state index in [4.69, 9.17) is 4.74 Å². The van der Waals surface area contributed by atoms with Crippen LogP contribution < -0.4 is 0 Å². The van der Waals surface area contributed by atoms with E-state index in [1.54, 1.807) is 11.3 Å². The third-order valence-electron chi connectivity index (χ3n) is 2.54. The molecule has 0 spiro atoms. The molecule has 0 saturated carbocycles. The molecule has 7 heteroatoms. The van der Waals surface area contributed by atoms with Crippen LogP contribution in [-0.2, 0) is 11.2 Å². The number of nitro groups is 1. The number of benzene rings is 1. The highest BCUT2D eigenvalue weighted by Gasteiger charge is 2.16. The van der Waals surface area contributed by atoms with Crippen LogP contribution in [0.25, 0.3) is 0 Å². The quantitative estimate of drug-likeness (QED) is 0.464. The van der Waals surface area contributed by atoms with Gasteiger partial charge in [0.1, 0.15) is 0 Å². The Morgan fingerprint density at radius 3 is 2.85 bits per heavy atom. The van der Waals surface area contributed by atoms with Crippen molar-refractivity contribution in [2.24, 2.45) is 0 Å². The predicted molar refractivity (Wildman–Crippen MR) is 79.1 cm³/mol. The fraction of sp³-hybridized carbons (Fsp3) is 0.154. The molecule has 0 atom stereocenters. The molecule has 0 bridgehead atoms. The van der Waals surface area contributed by atoms with Gasteiger partial charge in [0.2, 0.25) is 0 Å². The largest absolute Gasteiger partial charge is 0.462 e. The molecule has 0 unspecified atom stereocenters. The van der Waals surface area contributed by atoms with Crippen molar-refractivity contribution in [2.75, 3.05) is 6.61 Å². The van der Waals surface area contributed by atoms with E-state index in [0.717, 1.165) is 4.88 Å². The number of nitro benzene ring substituents is 1. The third kappa shape index (κ3) is 3.64. The van der Waals surface area contributed by atoms with E-state index in [-0.39, 0.29) is 17.9 Å². The predicted octanol–water partition coefficient (Wildman–Crippen LogP) is 3.82. The molecular formula is C13H10BrNO4S. The zero-order valence-corrected chi connectivity index (χ0v) is 12.6. The number of rotatable bonds is 5. The molecule has 1 aromatic heterocycles. The van der Waals surface area contributed by atoms with Gasteiger partial charge in [-0.15, -0.1) is 11.3 Å². The van der Waals surface area contributed by atoms with Crippen LogP contribution in [0.1, 0.15) is 15.2 Å². The first kappa shape index (κ1) is 14.7. The fourth-order valence-electron chi connectivity index (χ4n) is 1.56. The molecule has 20 heavy (non-hydrogen) atoms. The van der Waals surface area contributed by atoms with Gasteiger partial charge in [-0.2, -0.15) is 0 Å². The average molecular weight is 356 g/mol. The number of esters is 1. The zero-order valence-electron chi connectivity index (χ0n) is 10.2. The Morgan fingerprint density at radius 2 is 2.20 bits per heavy atom. The van der Waals surface area contributed by atoms with Gasteiger partial charge < -0.3 is 4.74 Å². The van der Waals surface area contributed by atoms with Crippen LogP contribution in [0, 0.1) is 10.1 Å². The molecule has 0 radical (unpaired) electrons. The Bertz CT molecular complexity index is 627. The van der Waals surface area contributed by atoms with Crippen molar-refractivity contribution in [1.82, 2.24) is 0 Å². The summed E-state index contributed by atoms with van der Waals surface area (Å²) in [6.45, 7) is 0.245. The molecular weight excluding hydrogens is 346 g/mol. The average Bonchev–Trinajstić information content (AvgIpc) is 2.92. The van der Waals surface area contributed by atoms with Crippen molar-refractivity contribution in [2.45, 2.75) is 6.42 Å². The summed E-state index contributed by atoms with van der Waals surface area (Å²) in [5.74, 6) is -0.572. The van der Waals surface area contributed by atoms with Crippen LogP contribution in [0.15, 0.2) is 40.2 Å². The monoisotopic (exact) mass is 355 g/mol. The van der Waals surface area contributed by atoms with Gasteiger partial charge in [-0.3, -0.25) is 10.1 Å². The topological polar surface area (TPSA) is 69.4 Å². The summed E-state index contributed by atoms with van der Waals surface area (Å²) >= 11 is 4.78. The van der Waals surface area contributed by atoms with E-state index >= 15 is 0 Å². The first-order valence-corrected chi connectivity index (χ1v) is 7.38. The lowest BCUT2D eigenvalue weighted by molar-refractivity contribution is -0.384. The van der Waals surface area contributed by atoms with Crippen LogP contribution in [-0.4, -0.2) is 17.5 Å². The Morgan fingerprint density at radius 1 is 1.40 bits per heavy atom. The number of halogens is 1. The lowest BCUT2D eigenvalue weighted by Crippen LogP contribution is -2.09. The highest BCUT2D eigenvalue weighted by atomic mass is 79.9. The number of carbonyl (C=O) groups is 1. The summed E-state index contributed by atoms with van der Waals surface area (Å²) in [5, 5.41) is 12.6. The molecule has 2 rings (SSSR count). The molecule has 0 amide bonds. The van der Waals surface area contributed by atoms with Crippen LogP contribution in [0.2, 0.25) is 0 Å². The fourth-order valence-corrected chi connectivity index (χ4v) is 2.66. The Hall–Kier alpha value is -1.73. The van der Waals surface area contributed by atoms with Crippen molar-refractivity contribution >= 4 is 38.9 Å². The minimum Gasteiger partial charge on any atom is -0.462 e. The molecule has 0 aliphatic heterocycles. The van der Waals surface area contributed by atoms with Crippen molar-refractivity contribution in [1.29, 1.82) is 0 Å². The van der Waals surface area contributed by atoms with E-state index in [0.29, 0.717) is 10.9 Å². The summed E-state index contributed by atoms with van der Waals surface area (Å²) in [5.41, 5.74) is 0.0174. The van der Waals surface area contributed by atoms with E-state index in [1.165, 1.54) is 18.2 Å². The summed E-state index contributed by atoms with van der Waals surface area (Å²) in [6, 6.07) is 7.89. The van der Waals surface area contributed by atoms with Crippen LogP contribution in [0.3, 0.4) is 0 Å². The third-order valence-corrected chi connectivity index (χ3v) is 4.17. The molecule has 1 heterocycles. The highest BCUT2D eigenvalue weighted by molar-refractivity contribution is 9.10. The maximum Gasteiger partial charge on any atom is 0.339 e. The van der Waals surface area contributed by atoms with Crippen LogP contribution >= 0.6 is 27.3 Å². The van der Waals surface area contributed by atoms with Gasteiger partial charge in [-0.1, -0.05) is 6.07 Å². The van der Waals surface area contributed by atoms with Crippen LogP contribution in [0.5, 0.6) is 0 Å². The van der Waals surface area contributed by atoms with Gasteiger partial charge in [0.15, 0.2) is 0 Å². The van der Waals surface area contributed by atoms with Crippen LogP contribution in [0.4, 0.5) is 5.69 Å². The number of ether oxygens (including phenoxy) is 1. The molecule has 104 valence electrons. The highest BCUT2D eigenvalue weighted by Crippen LogP contribution is 2.23. The molecule has 1 aromatic carbocycles. The molecule has 0 N–H and O–H groups in total. The van der Waals surface area contributed by atoms with E-state index in [9.17, 15) is 14.9 Å². The molecule has 0 saturated heterocycles. The summed E-state index contributed by atoms with van der Waals surface area (Å²) in [4.78, 5) is 23.2. The minimum absolute atomic E-state index is 0.140. The summed E-state index contributed by atoms with van der Waals surface area (Å²) in [7, 11) is 0. The number of hydrogen-bond donors (Lipinski definition) is 0. The van der Waals surface area contributed by atoms with Crippen molar-refractivity contribution in [3.63, 3.8) is 0 Å². The number of non-ortho nitro benzene ring substituents is 1. The zero-order chi connectivity index (χ0) is 14.5. The maximum absolute atomic E-state index is 11.9. The second-order valence-electron chi connectivity index (χ2n) is 3.89. The maximum atomic E-state index is 11.9. The second-order valence-corrected chi connectivity index (χ2v) is 5.77. The second kappa shape index (κ2) is 6.62. The Balaban J connectivity index is 2.01. The molecule has 0 aliphatic rings.